The van der Waals surface area contributed by atoms with Crippen LogP contribution in [0.15, 0.2) is 17.2 Å². The summed E-state index contributed by atoms with van der Waals surface area (Å²) in [5.74, 6) is -0.315. The predicted molar refractivity (Wildman–Crippen MR) is 69.0 cm³/mol. The average Bonchev–Trinajstić information content (AvgIpc) is 2.45. The lowest BCUT2D eigenvalue weighted by atomic mass is 10.1. The second-order valence-corrected chi connectivity index (χ2v) is 4.37. The number of ether oxygens (including phenoxy) is 1. The zero-order chi connectivity index (χ0) is 13.5. The summed E-state index contributed by atoms with van der Waals surface area (Å²) in [5, 5.41) is 5.96. The first-order chi connectivity index (χ1) is 9.25. The Labute approximate surface area is 110 Å². The van der Waals surface area contributed by atoms with E-state index in [-0.39, 0.29) is 23.3 Å². The molecule has 0 aliphatic carbocycles. The fourth-order valence-corrected chi connectivity index (χ4v) is 1.91. The SMILES string of the molecule is O=C(NCCOC1CCNCC1)c1c[nH]c(=O)cn1. The number of hydrogen-bond donors (Lipinski definition) is 3. The number of amides is 1. The lowest BCUT2D eigenvalue weighted by Crippen LogP contribution is -2.35. The first kappa shape index (κ1) is 13.7. The van der Waals surface area contributed by atoms with Crippen LogP contribution in [0.1, 0.15) is 23.3 Å². The number of piperidine rings is 1. The lowest BCUT2D eigenvalue weighted by molar-refractivity contribution is 0.0343. The Morgan fingerprint density at radius 1 is 1.47 bits per heavy atom. The minimum atomic E-state index is -0.328. The molecule has 1 fully saturated rings. The van der Waals surface area contributed by atoms with Gasteiger partial charge in [0.05, 0.1) is 18.9 Å². The number of H-pyrrole nitrogens is 1. The van der Waals surface area contributed by atoms with E-state index in [0.29, 0.717) is 13.2 Å². The second kappa shape index (κ2) is 7.01. The van der Waals surface area contributed by atoms with Crippen LogP contribution < -0.4 is 16.2 Å². The van der Waals surface area contributed by atoms with E-state index in [1.54, 1.807) is 0 Å². The van der Waals surface area contributed by atoms with Gasteiger partial charge in [-0.1, -0.05) is 0 Å². The number of carbonyl (C=O) groups is 1. The number of rotatable bonds is 5. The molecule has 0 saturated carbocycles. The molecular weight excluding hydrogens is 248 g/mol. The van der Waals surface area contributed by atoms with Gasteiger partial charge >= 0.3 is 0 Å². The van der Waals surface area contributed by atoms with Crippen LogP contribution in [0.25, 0.3) is 0 Å². The first-order valence-corrected chi connectivity index (χ1v) is 6.41. The summed E-state index contributed by atoms with van der Waals surface area (Å²) in [6.45, 7) is 2.89. The van der Waals surface area contributed by atoms with Crippen molar-refractivity contribution in [2.24, 2.45) is 0 Å². The molecule has 0 atom stereocenters. The van der Waals surface area contributed by atoms with Crippen LogP contribution in [0, 0.1) is 0 Å². The van der Waals surface area contributed by atoms with Gasteiger partial charge in [0.1, 0.15) is 5.69 Å². The number of nitrogens with one attached hydrogen (secondary N) is 3. The Morgan fingerprint density at radius 2 is 2.26 bits per heavy atom. The Morgan fingerprint density at radius 3 is 2.95 bits per heavy atom. The second-order valence-electron chi connectivity index (χ2n) is 4.37. The molecule has 7 heteroatoms. The first-order valence-electron chi connectivity index (χ1n) is 6.41. The van der Waals surface area contributed by atoms with Gasteiger partial charge < -0.3 is 20.4 Å². The zero-order valence-electron chi connectivity index (χ0n) is 10.6. The van der Waals surface area contributed by atoms with Gasteiger partial charge in [-0.15, -0.1) is 0 Å². The highest BCUT2D eigenvalue weighted by molar-refractivity contribution is 5.91. The van der Waals surface area contributed by atoms with Crippen LogP contribution >= 0.6 is 0 Å². The molecule has 7 nitrogen and oxygen atoms in total. The third-order valence-electron chi connectivity index (χ3n) is 2.93. The maximum Gasteiger partial charge on any atom is 0.271 e. The van der Waals surface area contributed by atoms with Crippen LogP contribution in [-0.2, 0) is 4.74 Å². The molecule has 0 aromatic carbocycles. The molecule has 19 heavy (non-hydrogen) atoms. The van der Waals surface area contributed by atoms with E-state index in [9.17, 15) is 9.59 Å². The van der Waals surface area contributed by atoms with Crippen molar-refractivity contribution in [1.82, 2.24) is 20.6 Å². The number of nitrogens with zero attached hydrogens (tertiary/aromatic N) is 1. The maximum absolute atomic E-state index is 11.6. The normalized spacial score (nSPS) is 16.2. The Hall–Kier alpha value is -1.73. The highest BCUT2D eigenvalue weighted by Crippen LogP contribution is 2.06. The van der Waals surface area contributed by atoms with Crippen LogP contribution in [0.2, 0.25) is 0 Å². The number of hydrogen-bond acceptors (Lipinski definition) is 5. The molecular formula is C12H18N4O3. The van der Waals surface area contributed by atoms with Crippen LogP contribution in [-0.4, -0.2) is 48.2 Å². The molecule has 1 saturated heterocycles. The van der Waals surface area contributed by atoms with Crippen molar-refractivity contribution >= 4 is 5.91 Å². The van der Waals surface area contributed by atoms with Crippen molar-refractivity contribution in [1.29, 1.82) is 0 Å². The molecule has 0 spiro atoms. The van der Waals surface area contributed by atoms with Gasteiger partial charge in [0.15, 0.2) is 0 Å². The minimum Gasteiger partial charge on any atom is -0.376 e. The van der Waals surface area contributed by atoms with E-state index < -0.39 is 0 Å². The summed E-state index contributed by atoms with van der Waals surface area (Å²) < 4.78 is 5.66. The average molecular weight is 266 g/mol. The largest absolute Gasteiger partial charge is 0.376 e. The molecule has 1 aromatic rings. The number of carbonyl (C=O) groups excluding carboxylic acids is 1. The summed E-state index contributed by atoms with van der Waals surface area (Å²) in [4.78, 5) is 28.6. The van der Waals surface area contributed by atoms with Crippen molar-refractivity contribution < 1.29 is 9.53 Å². The molecule has 2 heterocycles. The van der Waals surface area contributed by atoms with Crippen LogP contribution in [0.4, 0.5) is 0 Å². The molecule has 0 unspecified atom stereocenters. The van der Waals surface area contributed by atoms with E-state index in [0.717, 1.165) is 32.1 Å². The van der Waals surface area contributed by atoms with Gasteiger partial charge in [-0.3, -0.25) is 9.59 Å². The van der Waals surface area contributed by atoms with Gasteiger partial charge in [0.2, 0.25) is 0 Å². The lowest BCUT2D eigenvalue weighted by Gasteiger charge is -2.22. The number of aromatic nitrogens is 2. The minimum absolute atomic E-state index is 0.196. The summed E-state index contributed by atoms with van der Waals surface area (Å²) in [6.07, 6.45) is 4.68. The molecule has 1 aliphatic rings. The maximum atomic E-state index is 11.6. The van der Waals surface area contributed by atoms with E-state index in [1.165, 1.54) is 6.20 Å². The summed E-state index contributed by atoms with van der Waals surface area (Å²) in [6, 6.07) is 0. The van der Waals surface area contributed by atoms with E-state index in [2.05, 4.69) is 20.6 Å². The molecule has 0 bridgehead atoms. The third kappa shape index (κ3) is 4.46. The van der Waals surface area contributed by atoms with Crippen molar-refractivity contribution in [3.8, 4) is 0 Å². The Kier molecular flexibility index (Phi) is 5.05. The molecule has 1 amide bonds. The number of aromatic amines is 1. The molecule has 2 rings (SSSR count). The van der Waals surface area contributed by atoms with E-state index in [1.807, 2.05) is 0 Å². The fraction of sp³-hybridized carbons (Fsp3) is 0.583. The van der Waals surface area contributed by atoms with E-state index >= 15 is 0 Å². The predicted octanol–water partition coefficient (Wildman–Crippen LogP) is -0.732. The standard InChI is InChI=1S/C12H18N4O3/c17-11-8-15-10(7-16-11)12(18)14-5-6-19-9-1-3-13-4-2-9/h7-9,13H,1-6H2,(H,14,18)(H,16,17). The molecule has 104 valence electrons. The molecule has 0 radical (unpaired) electrons. The van der Waals surface area contributed by atoms with Crippen LogP contribution in [0.3, 0.4) is 0 Å². The summed E-state index contributed by atoms with van der Waals surface area (Å²) >= 11 is 0. The van der Waals surface area contributed by atoms with Gasteiger partial charge in [0, 0.05) is 12.7 Å². The molecule has 1 aromatic heterocycles. The van der Waals surface area contributed by atoms with Crippen LogP contribution in [0.5, 0.6) is 0 Å². The van der Waals surface area contributed by atoms with Crippen molar-refractivity contribution in [2.45, 2.75) is 18.9 Å². The monoisotopic (exact) mass is 266 g/mol. The summed E-state index contributed by atoms with van der Waals surface area (Å²) in [5.41, 5.74) is -0.132. The van der Waals surface area contributed by atoms with E-state index in [4.69, 9.17) is 4.74 Å². The Balaban J connectivity index is 1.66. The quantitative estimate of drug-likeness (QED) is 0.611. The molecule has 3 N–H and O–H groups in total. The van der Waals surface area contributed by atoms with Gasteiger partial charge in [-0.25, -0.2) is 4.98 Å². The topological polar surface area (TPSA) is 96.1 Å². The van der Waals surface area contributed by atoms with Gasteiger partial charge in [-0.2, -0.15) is 0 Å². The smallest absolute Gasteiger partial charge is 0.271 e. The summed E-state index contributed by atoms with van der Waals surface area (Å²) in [7, 11) is 0. The van der Waals surface area contributed by atoms with Crippen molar-refractivity contribution in [3.05, 3.63) is 28.4 Å². The third-order valence-corrected chi connectivity index (χ3v) is 2.93. The highest BCUT2D eigenvalue weighted by atomic mass is 16.5. The molecule has 1 aliphatic heterocycles. The zero-order valence-corrected chi connectivity index (χ0v) is 10.6. The highest BCUT2D eigenvalue weighted by Gasteiger charge is 2.13. The fourth-order valence-electron chi connectivity index (χ4n) is 1.91. The van der Waals surface area contributed by atoms with Gasteiger partial charge in [0.25, 0.3) is 11.5 Å². The van der Waals surface area contributed by atoms with Crippen molar-refractivity contribution in [2.75, 3.05) is 26.2 Å². The van der Waals surface area contributed by atoms with Gasteiger partial charge in [-0.05, 0) is 25.9 Å². The Bertz CT molecular complexity index is 448. The van der Waals surface area contributed by atoms with Crippen molar-refractivity contribution in [3.63, 3.8) is 0 Å².